The Morgan fingerprint density at radius 3 is 2.19 bits per heavy atom. The van der Waals surface area contributed by atoms with Crippen molar-refractivity contribution in [2.75, 3.05) is 5.75 Å². The van der Waals surface area contributed by atoms with E-state index in [4.69, 9.17) is 5.73 Å². The highest BCUT2D eigenvalue weighted by molar-refractivity contribution is 8.00. The maximum absolute atomic E-state index is 13.4. The van der Waals surface area contributed by atoms with E-state index in [0.29, 0.717) is 5.75 Å². The largest absolute Gasteiger partial charge is 0.323 e. The quantitative estimate of drug-likeness (QED) is 0.882. The van der Waals surface area contributed by atoms with Gasteiger partial charge in [-0.2, -0.15) is 11.8 Å². The minimum absolute atomic E-state index is 0.0146. The van der Waals surface area contributed by atoms with Crippen LogP contribution < -0.4 is 5.73 Å². The Morgan fingerprint density at radius 2 is 1.75 bits per heavy atom. The maximum atomic E-state index is 13.4. The van der Waals surface area contributed by atoms with E-state index in [1.54, 1.807) is 11.8 Å². The van der Waals surface area contributed by atoms with Gasteiger partial charge >= 0.3 is 0 Å². The Labute approximate surface area is 99.4 Å². The predicted molar refractivity (Wildman–Crippen MR) is 65.5 cm³/mol. The number of hydrogen-bond donors (Lipinski definition) is 1. The van der Waals surface area contributed by atoms with Crippen LogP contribution in [-0.2, 0) is 0 Å². The Morgan fingerprint density at radius 1 is 1.25 bits per heavy atom. The highest BCUT2D eigenvalue weighted by Gasteiger charge is 2.19. The smallest absolute Gasteiger partial charge is 0.130 e. The molecule has 0 heterocycles. The first-order valence-corrected chi connectivity index (χ1v) is 6.13. The van der Waals surface area contributed by atoms with Crippen LogP contribution in [0.4, 0.5) is 8.78 Å². The van der Waals surface area contributed by atoms with Crippen molar-refractivity contribution >= 4 is 11.8 Å². The summed E-state index contributed by atoms with van der Waals surface area (Å²) in [4.78, 5) is 0. The van der Waals surface area contributed by atoms with Crippen molar-refractivity contribution in [1.29, 1.82) is 0 Å². The molecule has 0 saturated heterocycles. The highest BCUT2D eigenvalue weighted by Crippen LogP contribution is 2.29. The van der Waals surface area contributed by atoms with Crippen molar-refractivity contribution < 1.29 is 8.78 Å². The average Bonchev–Trinajstić information content (AvgIpc) is 2.13. The number of halogens is 2. The van der Waals surface area contributed by atoms with Crippen molar-refractivity contribution in [3.63, 3.8) is 0 Å². The summed E-state index contributed by atoms with van der Waals surface area (Å²) < 4.78 is 26.8. The van der Waals surface area contributed by atoms with Crippen LogP contribution in [0, 0.1) is 11.6 Å². The van der Waals surface area contributed by atoms with E-state index in [1.807, 2.05) is 20.8 Å². The fourth-order valence-corrected chi connectivity index (χ4v) is 2.13. The molecule has 0 bridgehead atoms. The molecule has 0 amide bonds. The van der Waals surface area contributed by atoms with E-state index in [-0.39, 0.29) is 10.3 Å². The van der Waals surface area contributed by atoms with Gasteiger partial charge < -0.3 is 5.73 Å². The van der Waals surface area contributed by atoms with Gasteiger partial charge in [0.25, 0.3) is 0 Å². The van der Waals surface area contributed by atoms with E-state index in [1.165, 1.54) is 18.2 Å². The average molecular weight is 245 g/mol. The molecule has 4 heteroatoms. The minimum atomic E-state index is -0.606. The molecule has 0 spiro atoms. The number of rotatable bonds is 3. The number of benzene rings is 1. The first kappa shape index (κ1) is 13.5. The van der Waals surface area contributed by atoms with E-state index >= 15 is 0 Å². The van der Waals surface area contributed by atoms with Gasteiger partial charge in [0.1, 0.15) is 11.6 Å². The van der Waals surface area contributed by atoms with Gasteiger partial charge in [-0.3, -0.25) is 0 Å². The second-order valence-electron chi connectivity index (χ2n) is 4.67. The third-order valence-electron chi connectivity index (χ3n) is 2.07. The van der Waals surface area contributed by atoms with Gasteiger partial charge in [-0.25, -0.2) is 8.78 Å². The van der Waals surface area contributed by atoms with Crippen LogP contribution in [0.3, 0.4) is 0 Å². The molecule has 1 rings (SSSR count). The lowest BCUT2D eigenvalue weighted by Crippen LogP contribution is -2.20. The van der Waals surface area contributed by atoms with Crippen molar-refractivity contribution in [2.45, 2.75) is 31.6 Å². The molecule has 0 radical (unpaired) electrons. The first-order chi connectivity index (χ1) is 7.31. The summed E-state index contributed by atoms with van der Waals surface area (Å²) in [7, 11) is 0. The minimum Gasteiger partial charge on any atom is -0.323 e. The number of hydrogen-bond acceptors (Lipinski definition) is 2. The molecule has 16 heavy (non-hydrogen) atoms. The van der Waals surface area contributed by atoms with Crippen LogP contribution in [0.25, 0.3) is 0 Å². The van der Waals surface area contributed by atoms with Gasteiger partial charge in [0, 0.05) is 22.1 Å². The molecule has 0 aliphatic heterocycles. The van der Waals surface area contributed by atoms with E-state index in [9.17, 15) is 8.78 Å². The van der Waals surface area contributed by atoms with Crippen LogP contribution in [0.1, 0.15) is 32.4 Å². The Balaban J connectivity index is 2.77. The van der Waals surface area contributed by atoms with Crippen LogP contribution in [0.15, 0.2) is 18.2 Å². The lowest BCUT2D eigenvalue weighted by atomic mass is 10.1. The molecule has 1 aromatic rings. The molecule has 2 N–H and O–H groups in total. The lowest BCUT2D eigenvalue weighted by Gasteiger charge is -2.21. The van der Waals surface area contributed by atoms with E-state index in [2.05, 4.69) is 0 Å². The molecule has 1 atom stereocenters. The highest BCUT2D eigenvalue weighted by atomic mass is 32.2. The molecule has 90 valence electrons. The topological polar surface area (TPSA) is 26.0 Å². The van der Waals surface area contributed by atoms with Crippen molar-refractivity contribution in [3.05, 3.63) is 35.4 Å². The van der Waals surface area contributed by atoms with Crippen molar-refractivity contribution in [1.82, 2.24) is 0 Å². The molecule has 0 aliphatic rings. The predicted octanol–water partition coefficient (Wildman–Crippen LogP) is 3.50. The summed E-state index contributed by atoms with van der Waals surface area (Å²) >= 11 is 1.60. The third-order valence-corrected chi connectivity index (χ3v) is 3.46. The summed E-state index contributed by atoms with van der Waals surface area (Å²) in [6, 6.07) is 3.21. The third kappa shape index (κ3) is 3.76. The molecular formula is C12H17F2NS. The van der Waals surface area contributed by atoms with Crippen LogP contribution in [-0.4, -0.2) is 10.5 Å². The Kier molecular flexibility index (Phi) is 4.33. The van der Waals surface area contributed by atoms with Gasteiger partial charge in [0.15, 0.2) is 0 Å². The molecule has 1 aromatic carbocycles. The van der Waals surface area contributed by atoms with Gasteiger partial charge in [0.2, 0.25) is 0 Å². The summed E-state index contributed by atoms with van der Waals surface area (Å²) in [5, 5.41) is 0. The lowest BCUT2D eigenvalue weighted by molar-refractivity contribution is 0.538. The zero-order valence-corrected chi connectivity index (χ0v) is 10.6. The van der Waals surface area contributed by atoms with Gasteiger partial charge in [-0.05, 0) is 12.1 Å². The molecule has 1 unspecified atom stereocenters. The maximum Gasteiger partial charge on any atom is 0.130 e. The molecule has 0 saturated carbocycles. The first-order valence-electron chi connectivity index (χ1n) is 5.15. The SMILES string of the molecule is CC(C)(C)SCC(N)c1c(F)cccc1F. The van der Waals surface area contributed by atoms with Gasteiger partial charge in [-0.1, -0.05) is 26.8 Å². The second kappa shape index (κ2) is 5.15. The molecular weight excluding hydrogens is 228 g/mol. The van der Waals surface area contributed by atoms with Gasteiger partial charge in [0.05, 0.1) is 0 Å². The molecule has 0 aliphatic carbocycles. The fourth-order valence-electron chi connectivity index (χ4n) is 1.29. The standard InChI is InChI=1S/C12H17F2NS/c1-12(2,3)16-7-10(15)11-8(13)5-4-6-9(11)14/h4-6,10H,7,15H2,1-3H3. The van der Waals surface area contributed by atoms with Crippen LogP contribution >= 0.6 is 11.8 Å². The van der Waals surface area contributed by atoms with Crippen LogP contribution in [0.2, 0.25) is 0 Å². The Bertz CT molecular complexity index is 340. The molecule has 1 nitrogen and oxygen atoms in total. The number of nitrogens with two attached hydrogens (primary N) is 1. The zero-order valence-electron chi connectivity index (χ0n) is 9.76. The monoisotopic (exact) mass is 245 g/mol. The summed E-state index contributed by atoms with van der Waals surface area (Å²) in [6.45, 7) is 6.13. The Hall–Kier alpha value is -0.610. The second-order valence-corrected chi connectivity index (χ2v) is 6.51. The number of thioether (sulfide) groups is 1. The van der Waals surface area contributed by atoms with E-state index < -0.39 is 17.7 Å². The van der Waals surface area contributed by atoms with Crippen molar-refractivity contribution in [3.8, 4) is 0 Å². The summed E-state index contributed by atoms with van der Waals surface area (Å²) in [5.74, 6) is -0.634. The normalized spacial score (nSPS) is 13.9. The summed E-state index contributed by atoms with van der Waals surface area (Å²) in [6.07, 6.45) is 0. The molecule has 0 aromatic heterocycles. The zero-order chi connectivity index (χ0) is 12.3. The van der Waals surface area contributed by atoms with E-state index in [0.717, 1.165) is 0 Å². The molecule has 0 fully saturated rings. The van der Waals surface area contributed by atoms with Gasteiger partial charge in [-0.15, -0.1) is 0 Å². The fraction of sp³-hybridized carbons (Fsp3) is 0.500. The van der Waals surface area contributed by atoms with Crippen LogP contribution in [0.5, 0.6) is 0 Å². The van der Waals surface area contributed by atoms with Crippen molar-refractivity contribution in [2.24, 2.45) is 5.73 Å². The summed E-state index contributed by atoms with van der Waals surface area (Å²) in [5.41, 5.74) is 5.79.